The molecule has 1 N–H and O–H groups in total. The van der Waals surface area contributed by atoms with Crippen LogP contribution in [0.3, 0.4) is 0 Å². The van der Waals surface area contributed by atoms with Gasteiger partial charge in [0.05, 0.1) is 32.0 Å². The third-order valence-corrected chi connectivity index (χ3v) is 3.83. The first-order valence-corrected chi connectivity index (χ1v) is 9.68. The van der Waals surface area contributed by atoms with Gasteiger partial charge in [0.25, 0.3) is 5.91 Å². The van der Waals surface area contributed by atoms with E-state index in [1.54, 1.807) is 43.3 Å². The number of benzene rings is 2. The Kier molecular flexibility index (Phi) is 8.33. The van der Waals surface area contributed by atoms with Crippen molar-refractivity contribution < 1.29 is 28.5 Å². The average Bonchev–Trinajstić information content (AvgIpc) is 2.71. The first-order chi connectivity index (χ1) is 14.0. The van der Waals surface area contributed by atoms with Crippen LogP contribution in [0.5, 0.6) is 17.2 Å². The highest BCUT2D eigenvalue weighted by Crippen LogP contribution is 2.39. The summed E-state index contributed by atoms with van der Waals surface area (Å²) in [6.07, 6.45) is 0. The Balaban J connectivity index is 2.26. The highest BCUT2D eigenvalue weighted by Gasteiger charge is 2.18. The molecule has 0 bridgehead atoms. The molecule has 0 aliphatic rings. The lowest BCUT2D eigenvalue weighted by Gasteiger charge is -2.17. The number of rotatable bonds is 10. The molecule has 156 valence electrons. The zero-order chi connectivity index (χ0) is 21.2. The maximum atomic E-state index is 12.8. The van der Waals surface area contributed by atoms with Crippen LogP contribution in [-0.2, 0) is 4.74 Å². The standard InChI is InChI=1S/C22H27NO6/c1-5-26-18-13-16(14-19(27-6-2)20(18)28-7-3)21(24)23-17-11-9-15(10-12-17)22(25)29-8-4/h9-14H,5-8H2,1-4H3,(H,23,24). The van der Waals surface area contributed by atoms with Crippen molar-refractivity contribution in [3.05, 3.63) is 47.5 Å². The molecular weight excluding hydrogens is 374 g/mol. The van der Waals surface area contributed by atoms with Crippen molar-refractivity contribution in [3.63, 3.8) is 0 Å². The van der Waals surface area contributed by atoms with Gasteiger partial charge in [0.15, 0.2) is 11.5 Å². The molecule has 0 saturated heterocycles. The lowest BCUT2D eigenvalue weighted by Crippen LogP contribution is -2.13. The molecule has 0 aliphatic carbocycles. The maximum Gasteiger partial charge on any atom is 0.338 e. The molecule has 0 aromatic heterocycles. The monoisotopic (exact) mass is 401 g/mol. The van der Waals surface area contributed by atoms with Gasteiger partial charge in [-0.25, -0.2) is 4.79 Å². The predicted octanol–water partition coefficient (Wildman–Crippen LogP) is 4.31. The van der Waals surface area contributed by atoms with E-state index in [0.29, 0.717) is 60.5 Å². The molecule has 29 heavy (non-hydrogen) atoms. The molecule has 2 aromatic carbocycles. The lowest BCUT2D eigenvalue weighted by molar-refractivity contribution is 0.0526. The summed E-state index contributed by atoms with van der Waals surface area (Å²) in [5.41, 5.74) is 1.34. The summed E-state index contributed by atoms with van der Waals surface area (Å²) in [4.78, 5) is 24.5. The van der Waals surface area contributed by atoms with E-state index in [-0.39, 0.29) is 5.91 Å². The lowest BCUT2D eigenvalue weighted by atomic mass is 10.1. The molecule has 2 aromatic rings. The Morgan fingerprint density at radius 1 is 0.759 bits per heavy atom. The van der Waals surface area contributed by atoms with Gasteiger partial charge in [0, 0.05) is 11.3 Å². The van der Waals surface area contributed by atoms with E-state index in [2.05, 4.69) is 5.32 Å². The molecule has 0 saturated carbocycles. The van der Waals surface area contributed by atoms with Crippen LogP contribution in [0.4, 0.5) is 5.69 Å². The molecule has 0 spiro atoms. The molecule has 0 aliphatic heterocycles. The maximum absolute atomic E-state index is 12.8. The minimum Gasteiger partial charge on any atom is -0.490 e. The normalized spacial score (nSPS) is 10.2. The first kappa shape index (κ1) is 22.1. The highest BCUT2D eigenvalue weighted by molar-refractivity contribution is 6.05. The van der Waals surface area contributed by atoms with Crippen LogP contribution in [0, 0.1) is 0 Å². The molecule has 0 fully saturated rings. The van der Waals surface area contributed by atoms with Gasteiger partial charge in [-0.15, -0.1) is 0 Å². The van der Waals surface area contributed by atoms with Crippen molar-refractivity contribution in [1.82, 2.24) is 0 Å². The summed E-state index contributed by atoms with van der Waals surface area (Å²) in [6.45, 7) is 8.92. The van der Waals surface area contributed by atoms with E-state index < -0.39 is 5.97 Å². The number of nitrogens with one attached hydrogen (secondary N) is 1. The second kappa shape index (κ2) is 10.9. The second-order valence-corrected chi connectivity index (χ2v) is 5.85. The quantitative estimate of drug-likeness (QED) is 0.597. The Bertz CT molecular complexity index is 805. The van der Waals surface area contributed by atoms with Crippen LogP contribution in [0.1, 0.15) is 48.4 Å². The molecule has 1 amide bonds. The fraction of sp³-hybridized carbons (Fsp3) is 0.364. The second-order valence-electron chi connectivity index (χ2n) is 5.85. The largest absolute Gasteiger partial charge is 0.490 e. The van der Waals surface area contributed by atoms with Crippen molar-refractivity contribution in [2.24, 2.45) is 0 Å². The number of esters is 1. The van der Waals surface area contributed by atoms with Crippen molar-refractivity contribution in [3.8, 4) is 17.2 Å². The predicted molar refractivity (Wildman–Crippen MR) is 110 cm³/mol. The van der Waals surface area contributed by atoms with Gasteiger partial charge in [-0.05, 0) is 64.1 Å². The Morgan fingerprint density at radius 2 is 1.31 bits per heavy atom. The van der Waals surface area contributed by atoms with Gasteiger partial charge in [0.2, 0.25) is 5.75 Å². The molecule has 0 unspecified atom stereocenters. The third kappa shape index (κ3) is 5.88. The fourth-order valence-electron chi connectivity index (χ4n) is 2.63. The highest BCUT2D eigenvalue weighted by atomic mass is 16.5. The van der Waals surface area contributed by atoms with Gasteiger partial charge < -0.3 is 24.3 Å². The average molecular weight is 401 g/mol. The Hall–Kier alpha value is -3.22. The van der Waals surface area contributed by atoms with Crippen LogP contribution < -0.4 is 19.5 Å². The number of ether oxygens (including phenoxy) is 4. The van der Waals surface area contributed by atoms with Gasteiger partial charge in [-0.2, -0.15) is 0 Å². The van der Waals surface area contributed by atoms with Crippen molar-refractivity contribution >= 4 is 17.6 Å². The van der Waals surface area contributed by atoms with Gasteiger partial charge in [0.1, 0.15) is 0 Å². The van der Waals surface area contributed by atoms with Crippen molar-refractivity contribution in [1.29, 1.82) is 0 Å². The number of anilines is 1. The van der Waals surface area contributed by atoms with E-state index in [4.69, 9.17) is 18.9 Å². The zero-order valence-corrected chi connectivity index (χ0v) is 17.2. The summed E-state index contributed by atoms with van der Waals surface area (Å²) in [5.74, 6) is 0.635. The number of carbonyl (C=O) groups excluding carboxylic acids is 2. The minimum atomic E-state index is -0.403. The molecular formula is C22H27NO6. The van der Waals surface area contributed by atoms with Crippen molar-refractivity contribution in [2.75, 3.05) is 31.7 Å². The summed E-state index contributed by atoms with van der Waals surface area (Å²) < 4.78 is 21.9. The van der Waals surface area contributed by atoms with E-state index in [1.807, 2.05) is 20.8 Å². The van der Waals surface area contributed by atoms with E-state index in [9.17, 15) is 9.59 Å². The molecule has 2 rings (SSSR count). The Labute approximate surface area is 170 Å². The smallest absolute Gasteiger partial charge is 0.338 e. The molecule has 0 radical (unpaired) electrons. The van der Waals surface area contributed by atoms with Gasteiger partial charge in [-0.1, -0.05) is 0 Å². The first-order valence-electron chi connectivity index (χ1n) is 9.68. The summed E-state index contributed by atoms with van der Waals surface area (Å²) in [5, 5.41) is 2.80. The number of amides is 1. The SMILES string of the molecule is CCOC(=O)c1ccc(NC(=O)c2cc(OCC)c(OCC)c(OCC)c2)cc1. The summed E-state index contributed by atoms with van der Waals surface area (Å²) in [7, 11) is 0. The molecule has 7 heteroatoms. The number of hydrogen-bond donors (Lipinski definition) is 1. The van der Waals surface area contributed by atoms with E-state index in [0.717, 1.165) is 0 Å². The van der Waals surface area contributed by atoms with Crippen LogP contribution in [0.2, 0.25) is 0 Å². The van der Waals surface area contributed by atoms with Crippen LogP contribution in [-0.4, -0.2) is 38.3 Å². The molecule has 7 nitrogen and oxygen atoms in total. The zero-order valence-electron chi connectivity index (χ0n) is 17.2. The fourth-order valence-corrected chi connectivity index (χ4v) is 2.63. The number of hydrogen-bond acceptors (Lipinski definition) is 6. The molecule has 0 atom stereocenters. The molecule has 0 heterocycles. The summed E-state index contributed by atoms with van der Waals surface area (Å²) in [6, 6.07) is 9.74. The van der Waals surface area contributed by atoms with Crippen LogP contribution >= 0.6 is 0 Å². The van der Waals surface area contributed by atoms with E-state index in [1.165, 1.54) is 0 Å². The van der Waals surface area contributed by atoms with Crippen LogP contribution in [0.25, 0.3) is 0 Å². The number of carbonyl (C=O) groups is 2. The van der Waals surface area contributed by atoms with Crippen molar-refractivity contribution in [2.45, 2.75) is 27.7 Å². The van der Waals surface area contributed by atoms with Gasteiger partial charge in [-0.3, -0.25) is 4.79 Å². The van der Waals surface area contributed by atoms with Gasteiger partial charge >= 0.3 is 5.97 Å². The van der Waals surface area contributed by atoms with E-state index >= 15 is 0 Å². The minimum absolute atomic E-state index is 0.305. The van der Waals surface area contributed by atoms with Crippen LogP contribution in [0.15, 0.2) is 36.4 Å². The topological polar surface area (TPSA) is 83.1 Å². The Morgan fingerprint density at radius 3 is 1.79 bits per heavy atom. The third-order valence-electron chi connectivity index (χ3n) is 3.83. The summed E-state index contributed by atoms with van der Waals surface area (Å²) >= 11 is 0.